The Morgan fingerprint density at radius 3 is 0.868 bits per heavy atom. The molecule has 0 radical (unpaired) electrons. The first-order valence-electron chi connectivity index (χ1n) is 34.8. The van der Waals surface area contributed by atoms with Crippen molar-refractivity contribution in [2.45, 2.75) is 398 Å². The van der Waals surface area contributed by atoms with Crippen LogP contribution in [0.25, 0.3) is 0 Å². The molecule has 0 saturated heterocycles. The maximum Gasteiger partial charge on any atom is 0.220 e. The molecule has 0 bridgehead atoms. The van der Waals surface area contributed by atoms with Gasteiger partial charge in [0.15, 0.2) is 0 Å². The average Bonchev–Trinajstić information content (AvgIpc) is 3.42. The van der Waals surface area contributed by atoms with Crippen LogP contribution in [0, 0.1) is 0 Å². The summed E-state index contributed by atoms with van der Waals surface area (Å²) in [6.45, 7) is 4.29. The zero-order chi connectivity index (χ0) is 54.8. The highest BCUT2D eigenvalue weighted by molar-refractivity contribution is 5.76. The van der Waals surface area contributed by atoms with Gasteiger partial charge in [-0.25, -0.2) is 0 Å². The van der Waals surface area contributed by atoms with Gasteiger partial charge < -0.3 is 15.5 Å². The summed E-state index contributed by atoms with van der Waals surface area (Å²) in [5.41, 5.74) is 0. The van der Waals surface area contributed by atoms with Crippen LogP contribution in [0.1, 0.15) is 386 Å². The maximum atomic E-state index is 12.6. The Hall–Kier alpha value is -1.65. The molecule has 0 aliphatic rings. The average molecular weight is 1060 g/mol. The molecular weight excluding hydrogens is 927 g/mol. The molecule has 0 aromatic carbocycles. The smallest absolute Gasteiger partial charge is 0.220 e. The lowest BCUT2D eigenvalue weighted by molar-refractivity contribution is -0.123. The highest BCUT2D eigenvalue weighted by Crippen LogP contribution is 2.19. The molecule has 4 nitrogen and oxygen atoms in total. The molecule has 4 heteroatoms. The van der Waals surface area contributed by atoms with E-state index in [1.165, 1.54) is 308 Å². The standard InChI is InChI=1S/C72H137NO3/c1-3-5-7-9-11-13-15-17-19-21-23-25-27-29-31-33-35-36-38-39-41-43-45-47-49-51-53-55-57-59-61-63-65-67-71(75)70(69-74)73-72(76)68-66-64-62-60-58-56-54-52-50-48-46-44-42-40-37-34-32-30-28-26-24-22-20-18-16-14-12-10-8-6-4-2/h6,8,12,14,18,20,24,26,70-71,74-75H,3-5,7,9-11,13,15-17,19,21-23,25,27-69H2,1-2H3,(H,73,76)/b8-6-,14-12-,20-18-,26-24-. The first kappa shape index (κ1) is 74.3. The number of carbonyl (C=O) groups is 1. The molecule has 3 N–H and O–H groups in total. The first-order valence-corrected chi connectivity index (χ1v) is 34.8. The molecule has 2 unspecified atom stereocenters. The third-order valence-electron chi connectivity index (χ3n) is 16.4. The molecule has 0 rings (SSSR count). The number of nitrogens with one attached hydrogen (secondary N) is 1. The second kappa shape index (κ2) is 67.6. The van der Waals surface area contributed by atoms with E-state index in [0.717, 1.165) is 51.4 Å². The molecule has 2 atom stereocenters. The Labute approximate surface area is 477 Å². The van der Waals surface area contributed by atoms with Crippen LogP contribution < -0.4 is 5.32 Å². The molecule has 1 amide bonds. The van der Waals surface area contributed by atoms with Gasteiger partial charge in [0.2, 0.25) is 5.91 Å². The van der Waals surface area contributed by atoms with Gasteiger partial charge in [-0.1, -0.05) is 377 Å². The van der Waals surface area contributed by atoms with Gasteiger partial charge >= 0.3 is 0 Å². The van der Waals surface area contributed by atoms with Gasteiger partial charge in [0.25, 0.3) is 0 Å². The Morgan fingerprint density at radius 2 is 0.579 bits per heavy atom. The van der Waals surface area contributed by atoms with Crippen LogP contribution in [-0.4, -0.2) is 34.9 Å². The third-order valence-corrected chi connectivity index (χ3v) is 16.4. The highest BCUT2D eigenvalue weighted by atomic mass is 16.3. The van der Waals surface area contributed by atoms with Crippen molar-refractivity contribution in [1.29, 1.82) is 0 Å². The number of aliphatic hydroxyl groups excluding tert-OH is 2. The van der Waals surface area contributed by atoms with E-state index in [2.05, 4.69) is 67.8 Å². The van der Waals surface area contributed by atoms with Gasteiger partial charge in [0.1, 0.15) is 0 Å². The predicted molar refractivity (Wildman–Crippen MR) is 341 cm³/mol. The summed E-state index contributed by atoms with van der Waals surface area (Å²) >= 11 is 0. The zero-order valence-electron chi connectivity index (χ0n) is 51.8. The van der Waals surface area contributed by atoms with E-state index in [9.17, 15) is 15.0 Å². The van der Waals surface area contributed by atoms with E-state index in [1.54, 1.807) is 0 Å². The minimum atomic E-state index is -0.661. The Morgan fingerprint density at radius 1 is 0.329 bits per heavy atom. The topological polar surface area (TPSA) is 69.6 Å². The van der Waals surface area contributed by atoms with E-state index in [0.29, 0.717) is 12.8 Å². The monoisotopic (exact) mass is 1060 g/mol. The van der Waals surface area contributed by atoms with Crippen molar-refractivity contribution in [2.24, 2.45) is 0 Å². The van der Waals surface area contributed by atoms with E-state index in [-0.39, 0.29) is 12.5 Å². The Kier molecular flexibility index (Phi) is 66.2. The molecule has 448 valence electrons. The lowest BCUT2D eigenvalue weighted by atomic mass is 10.0. The van der Waals surface area contributed by atoms with Gasteiger partial charge in [0, 0.05) is 6.42 Å². The molecule has 0 aromatic heterocycles. The molecule has 0 aliphatic carbocycles. The number of rotatable bonds is 65. The third kappa shape index (κ3) is 63.2. The molecule has 0 fully saturated rings. The minimum absolute atomic E-state index is 0.0246. The van der Waals surface area contributed by atoms with Crippen molar-refractivity contribution in [3.05, 3.63) is 48.6 Å². The summed E-state index contributed by atoms with van der Waals surface area (Å²) in [4.78, 5) is 12.6. The Balaban J connectivity index is 3.39. The van der Waals surface area contributed by atoms with Crippen molar-refractivity contribution in [1.82, 2.24) is 5.32 Å². The second-order valence-electron chi connectivity index (χ2n) is 23.9. The van der Waals surface area contributed by atoms with Gasteiger partial charge in [0.05, 0.1) is 18.8 Å². The summed E-state index contributed by atoms with van der Waals surface area (Å²) < 4.78 is 0. The molecule has 76 heavy (non-hydrogen) atoms. The van der Waals surface area contributed by atoms with Crippen molar-refractivity contribution in [3.8, 4) is 0 Å². The summed E-state index contributed by atoms with van der Waals surface area (Å²) in [6.07, 6.45) is 94.6. The number of carbonyl (C=O) groups excluding carboxylic acids is 1. The van der Waals surface area contributed by atoms with E-state index >= 15 is 0 Å². The number of aliphatic hydroxyl groups is 2. The molecule has 0 aliphatic heterocycles. The largest absolute Gasteiger partial charge is 0.394 e. The molecule has 0 heterocycles. The van der Waals surface area contributed by atoms with Crippen LogP contribution in [0.15, 0.2) is 48.6 Å². The SMILES string of the molecule is CC/C=C\C/C=C\C/C=C\C/C=C\CCCCCCCCCCCCCCCCCCCCC(=O)NC(CO)C(O)CCCCCCCCCCCCCCCCCCCCCCCCCCCCCCCCCCC. The van der Waals surface area contributed by atoms with Gasteiger partial charge in [-0.3, -0.25) is 4.79 Å². The van der Waals surface area contributed by atoms with E-state index in [1.807, 2.05) is 0 Å². The fourth-order valence-corrected chi connectivity index (χ4v) is 11.1. The van der Waals surface area contributed by atoms with Crippen LogP contribution in [0.3, 0.4) is 0 Å². The van der Waals surface area contributed by atoms with Crippen LogP contribution in [0.2, 0.25) is 0 Å². The minimum Gasteiger partial charge on any atom is -0.394 e. The number of hydrogen-bond acceptors (Lipinski definition) is 3. The number of unbranched alkanes of at least 4 members (excludes halogenated alkanes) is 50. The van der Waals surface area contributed by atoms with E-state index in [4.69, 9.17) is 0 Å². The lowest BCUT2D eigenvalue weighted by Gasteiger charge is -2.22. The fourth-order valence-electron chi connectivity index (χ4n) is 11.1. The van der Waals surface area contributed by atoms with Crippen LogP contribution in [-0.2, 0) is 4.79 Å². The predicted octanol–water partition coefficient (Wildman–Crippen LogP) is 23.7. The van der Waals surface area contributed by atoms with E-state index < -0.39 is 12.1 Å². The quantitative estimate of drug-likeness (QED) is 0.0420. The number of allylic oxidation sites excluding steroid dienone is 8. The summed E-state index contributed by atoms with van der Waals surface area (Å²) in [6, 6.07) is -0.538. The van der Waals surface area contributed by atoms with Crippen molar-refractivity contribution >= 4 is 5.91 Å². The number of amides is 1. The maximum absolute atomic E-state index is 12.6. The van der Waals surface area contributed by atoms with Crippen LogP contribution >= 0.6 is 0 Å². The van der Waals surface area contributed by atoms with Crippen molar-refractivity contribution in [2.75, 3.05) is 6.61 Å². The summed E-state index contributed by atoms with van der Waals surface area (Å²) in [5, 5.41) is 23.5. The summed E-state index contributed by atoms with van der Waals surface area (Å²) in [7, 11) is 0. The highest BCUT2D eigenvalue weighted by Gasteiger charge is 2.20. The number of hydrogen-bond donors (Lipinski definition) is 3. The molecule has 0 aromatic rings. The normalized spacial score (nSPS) is 12.9. The van der Waals surface area contributed by atoms with Gasteiger partial charge in [-0.2, -0.15) is 0 Å². The lowest BCUT2D eigenvalue weighted by Crippen LogP contribution is -2.45. The fraction of sp³-hybridized carbons (Fsp3) is 0.875. The molecular formula is C72H137NO3. The first-order chi connectivity index (χ1) is 37.7. The van der Waals surface area contributed by atoms with Gasteiger partial charge in [-0.05, 0) is 51.4 Å². The molecule has 0 saturated carbocycles. The second-order valence-corrected chi connectivity index (χ2v) is 23.9. The Bertz CT molecular complexity index is 1210. The van der Waals surface area contributed by atoms with Crippen LogP contribution in [0.4, 0.5) is 0 Å². The van der Waals surface area contributed by atoms with Gasteiger partial charge in [-0.15, -0.1) is 0 Å². The van der Waals surface area contributed by atoms with Crippen molar-refractivity contribution < 1.29 is 15.0 Å². The van der Waals surface area contributed by atoms with Crippen LogP contribution in [0.5, 0.6) is 0 Å². The zero-order valence-corrected chi connectivity index (χ0v) is 51.8. The molecule has 0 spiro atoms. The van der Waals surface area contributed by atoms with Crippen molar-refractivity contribution in [3.63, 3.8) is 0 Å². The summed E-state index contributed by atoms with van der Waals surface area (Å²) in [5.74, 6) is -0.0246.